The molecule has 1 aromatic heterocycles. The first kappa shape index (κ1) is 16.3. The predicted molar refractivity (Wildman–Crippen MR) is 90.3 cm³/mol. The van der Waals surface area contributed by atoms with Crippen LogP contribution in [0.5, 0.6) is 0 Å². The minimum atomic E-state index is 0. The van der Waals surface area contributed by atoms with Gasteiger partial charge in [-0.3, -0.25) is 4.98 Å². The van der Waals surface area contributed by atoms with Gasteiger partial charge in [-0.2, -0.15) is 0 Å². The van der Waals surface area contributed by atoms with Crippen molar-refractivity contribution in [2.24, 2.45) is 0 Å². The first-order valence-electron chi connectivity index (χ1n) is 6.99. The topological polar surface area (TPSA) is 24.9 Å². The van der Waals surface area contributed by atoms with Gasteiger partial charge in [0.05, 0.1) is 0 Å². The van der Waals surface area contributed by atoms with Crippen molar-refractivity contribution in [3.05, 3.63) is 64.9 Å². The highest BCUT2D eigenvalue weighted by molar-refractivity contribution is 6.30. The van der Waals surface area contributed by atoms with Gasteiger partial charge < -0.3 is 5.32 Å². The quantitative estimate of drug-likeness (QED) is 0.862. The summed E-state index contributed by atoms with van der Waals surface area (Å²) in [5, 5.41) is 4.54. The molecule has 2 atom stereocenters. The Morgan fingerprint density at radius 3 is 2.29 bits per heavy atom. The van der Waals surface area contributed by atoms with E-state index < -0.39 is 0 Å². The lowest BCUT2D eigenvalue weighted by Crippen LogP contribution is -2.37. The average molecular weight is 323 g/mol. The van der Waals surface area contributed by atoms with Crippen LogP contribution in [-0.4, -0.2) is 10.5 Å². The van der Waals surface area contributed by atoms with Crippen molar-refractivity contribution >= 4 is 24.0 Å². The van der Waals surface area contributed by atoms with Crippen LogP contribution in [0.2, 0.25) is 5.02 Å². The van der Waals surface area contributed by atoms with E-state index in [1.165, 1.54) is 11.1 Å². The van der Waals surface area contributed by atoms with E-state index in [1.807, 2.05) is 24.5 Å². The number of pyridine rings is 1. The number of halogens is 2. The fraction of sp³-hybridized carbons (Fsp3) is 0.353. The van der Waals surface area contributed by atoms with Gasteiger partial charge in [-0.05, 0) is 55.7 Å². The Morgan fingerprint density at radius 1 is 1.05 bits per heavy atom. The van der Waals surface area contributed by atoms with Gasteiger partial charge in [0.15, 0.2) is 0 Å². The number of nitrogens with one attached hydrogen (secondary N) is 1. The van der Waals surface area contributed by atoms with Crippen LogP contribution in [0.25, 0.3) is 0 Å². The van der Waals surface area contributed by atoms with E-state index in [4.69, 9.17) is 11.6 Å². The van der Waals surface area contributed by atoms with Crippen LogP contribution in [0.1, 0.15) is 43.4 Å². The number of rotatable bonds is 2. The number of hydrogen-bond donors (Lipinski definition) is 1. The van der Waals surface area contributed by atoms with Gasteiger partial charge in [0, 0.05) is 34.9 Å². The molecule has 4 heteroatoms. The van der Waals surface area contributed by atoms with Crippen molar-refractivity contribution in [3.8, 4) is 0 Å². The van der Waals surface area contributed by atoms with E-state index in [0.717, 1.165) is 11.4 Å². The van der Waals surface area contributed by atoms with Gasteiger partial charge in [0.2, 0.25) is 0 Å². The number of aromatic nitrogens is 1. The molecule has 112 valence electrons. The maximum Gasteiger partial charge on any atom is 0.0406 e. The highest BCUT2D eigenvalue weighted by atomic mass is 35.5. The third-order valence-corrected chi connectivity index (χ3v) is 4.52. The van der Waals surface area contributed by atoms with Crippen molar-refractivity contribution in [2.45, 2.75) is 37.8 Å². The highest BCUT2D eigenvalue weighted by Crippen LogP contribution is 2.43. The second-order valence-corrected chi connectivity index (χ2v) is 6.48. The molecular weight excluding hydrogens is 303 g/mol. The molecule has 2 nitrogen and oxygen atoms in total. The zero-order chi connectivity index (χ0) is 14.2. The van der Waals surface area contributed by atoms with E-state index in [0.29, 0.717) is 12.0 Å². The zero-order valence-corrected chi connectivity index (χ0v) is 13.8. The summed E-state index contributed by atoms with van der Waals surface area (Å²) in [6, 6.07) is 12.8. The fourth-order valence-corrected chi connectivity index (χ4v) is 3.33. The summed E-state index contributed by atoms with van der Waals surface area (Å²) in [5.74, 6) is 0.492. The number of nitrogens with zero attached hydrogens (tertiary/aromatic N) is 1. The third kappa shape index (κ3) is 3.39. The minimum absolute atomic E-state index is 0. The van der Waals surface area contributed by atoms with E-state index >= 15 is 0 Å². The molecule has 1 aliphatic rings. The van der Waals surface area contributed by atoms with Crippen LogP contribution in [0.3, 0.4) is 0 Å². The van der Waals surface area contributed by atoms with Crippen LogP contribution in [-0.2, 0) is 0 Å². The standard InChI is InChI=1S/C17H19ClN2.ClH/c1-17(2)15(12-7-9-19-10-8-12)11-16(20-17)13-3-5-14(18)6-4-13;/h3-10,15-16,20H,11H2,1-2H3;1H/t15-,16+;/m1./s1. The summed E-state index contributed by atoms with van der Waals surface area (Å²) < 4.78 is 0. The van der Waals surface area contributed by atoms with Crippen molar-refractivity contribution in [3.63, 3.8) is 0 Å². The second-order valence-electron chi connectivity index (χ2n) is 6.04. The molecule has 1 saturated heterocycles. The molecule has 0 unspecified atom stereocenters. The molecular formula is C17H20Cl2N2. The van der Waals surface area contributed by atoms with Crippen molar-refractivity contribution in [1.29, 1.82) is 0 Å². The number of hydrogen-bond acceptors (Lipinski definition) is 2. The summed E-state index contributed by atoms with van der Waals surface area (Å²) in [7, 11) is 0. The first-order chi connectivity index (χ1) is 9.56. The molecule has 0 radical (unpaired) electrons. The van der Waals surface area contributed by atoms with Crippen LogP contribution in [0.15, 0.2) is 48.8 Å². The Kier molecular flexibility index (Phi) is 4.92. The SMILES string of the molecule is CC1(C)N[C@H](c2ccc(Cl)cc2)C[C@@H]1c1ccncc1.Cl. The monoisotopic (exact) mass is 322 g/mol. The van der Waals surface area contributed by atoms with E-state index in [9.17, 15) is 0 Å². The summed E-state index contributed by atoms with van der Waals surface area (Å²) in [5.41, 5.74) is 2.74. The largest absolute Gasteiger partial charge is 0.304 e. The van der Waals surface area contributed by atoms with Gasteiger partial charge in [-0.15, -0.1) is 12.4 Å². The van der Waals surface area contributed by atoms with E-state index in [2.05, 4.69) is 48.4 Å². The maximum absolute atomic E-state index is 5.97. The summed E-state index contributed by atoms with van der Waals surface area (Å²) >= 11 is 5.97. The molecule has 0 bridgehead atoms. The lowest BCUT2D eigenvalue weighted by Gasteiger charge is -2.27. The van der Waals surface area contributed by atoms with Crippen LogP contribution < -0.4 is 5.32 Å². The minimum Gasteiger partial charge on any atom is -0.304 e. The Hall–Kier alpha value is -1.09. The molecule has 0 aliphatic carbocycles. The van der Waals surface area contributed by atoms with E-state index in [1.54, 1.807) is 0 Å². The van der Waals surface area contributed by atoms with Crippen molar-refractivity contribution in [2.75, 3.05) is 0 Å². The zero-order valence-electron chi connectivity index (χ0n) is 12.2. The van der Waals surface area contributed by atoms with Crippen LogP contribution in [0.4, 0.5) is 0 Å². The van der Waals surface area contributed by atoms with Gasteiger partial charge >= 0.3 is 0 Å². The molecule has 1 aliphatic heterocycles. The van der Waals surface area contributed by atoms with E-state index in [-0.39, 0.29) is 17.9 Å². The predicted octanol–water partition coefficient (Wildman–Crippen LogP) is 4.75. The third-order valence-electron chi connectivity index (χ3n) is 4.27. The Bertz CT molecular complexity index is 581. The smallest absolute Gasteiger partial charge is 0.0406 e. The molecule has 0 saturated carbocycles. The van der Waals surface area contributed by atoms with Crippen LogP contribution in [0, 0.1) is 0 Å². The Labute approximate surface area is 137 Å². The van der Waals surface area contributed by atoms with Gasteiger partial charge in [-0.25, -0.2) is 0 Å². The molecule has 1 fully saturated rings. The molecule has 1 N–H and O–H groups in total. The summed E-state index contributed by atoms with van der Waals surface area (Å²) in [4.78, 5) is 4.12. The second kappa shape index (κ2) is 6.35. The van der Waals surface area contributed by atoms with Crippen molar-refractivity contribution < 1.29 is 0 Å². The highest BCUT2D eigenvalue weighted by Gasteiger charge is 2.40. The van der Waals surface area contributed by atoms with Gasteiger partial charge in [0.1, 0.15) is 0 Å². The maximum atomic E-state index is 5.97. The molecule has 2 aromatic rings. The van der Waals surface area contributed by atoms with Crippen molar-refractivity contribution in [1.82, 2.24) is 10.3 Å². The molecule has 21 heavy (non-hydrogen) atoms. The van der Waals surface area contributed by atoms with Gasteiger partial charge in [-0.1, -0.05) is 23.7 Å². The Morgan fingerprint density at radius 2 is 1.67 bits per heavy atom. The Balaban J connectivity index is 0.00000161. The molecule has 3 rings (SSSR count). The van der Waals surface area contributed by atoms with Crippen LogP contribution >= 0.6 is 24.0 Å². The number of benzene rings is 1. The fourth-order valence-electron chi connectivity index (χ4n) is 3.20. The average Bonchev–Trinajstić information content (AvgIpc) is 2.76. The molecule has 0 spiro atoms. The van der Waals surface area contributed by atoms with Gasteiger partial charge in [0.25, 0.3) is 0 Å². The normalized spacial score (nSPS) is 23.6. The summed E-state index contributed by atoms with van der Waals surface area (Å²) in [6.45, 7) is 4.54. The first-order valence-corrected chi connectivity index (χ1v) is 7.37. The lowest BCUT2D eigenvalue weighted by atomic mass is 9.83. The molecule has 2 heterocycles. The summed E-state index contributed by atoms with van der Waals surface area (Å²) in [6.07, 6.45) is 4.85. The molecule has 0 amide bonds. The molecule has 1 aromatic carbocycles. The lowest BCUT2D eigenvalue weighted by molar-refractivity contribution is 0.397.